The highest BCUT2D eigenvalue weighted by Gasteiger charge is 2.44. The van der Waals surface area contributed by atoms with Crippen molar-refractivity contribution < 1.29 is 23.1 Å². The van der Waals surface area contributed by atoms with Crippen molar-refractivity contribution in [3.63, 3.8) is 0 Å². The summed E-state index contributed by atoms with van der Waals surface area (Å²) in [6, 6.07) is 8.82. The Morgan fingerprint density at radius 1 is 1.04 bits per heavy atom. The molecule has 2 aromatic carbocycles. The minimum atomic E-state index is -4.27. The molecule has 1 N–H and O–H groups in total. The standard InChI is InChI=1S/C16H11Cl5NO5P/c1-25-15(23)22-28(24)26-12-4-2-8(17)6-10(12)14(16(19,20)21)11-7-9(18)3-5-13(11)27-28/h2-7,14H,1H3,(H,22,23,24). The van der Waals surface area contributed by atoms with Crippen LogP contribution < -0.4 is 14.1 Å². The van der Waals surface area contributed by atoms with Crippen molar-refractivity contribution in [1.82, 2.24) is 5.09 Å². The molecule has 0 saturated carbocycles. The first-order chi connectivity index (χ1) is 13.0. The Hall–Kier alpha value is -1.01. The molecule has 0 fully saturated rings. The van der Waals surface area contributed by atoms with Crippen molar-refractivity contribution >= 4 is 71.8 Å². The van der Waals surface area contributed by atoms with Crippen molar-refractivity contribution in [2.24, 2.45) is 0 Å². The van der Waals surface area contributed by atoms with Crippen LogP contribution in [0.4, 0.5) is 4.79 Å². The molecule has 28 heavy (non-hydrogen) atoms. The first kappa shape index (κ1) is 21.7. The molecule has 12 heteroatoms. The molecule has 0 atom stereocenters. The lowest BCUT2D eigenvalue weighted by Crippen LogP contribution is -2.28. The molecule has 1 aliphatic rings. The maximum absolute atomic E-state index is 13.2. The fourth-order valence-corrected chi connectivity index (χ4v) is 5.02. The summed E-state index contributed by atoms with van der Waals surface area (Å²) in [6.45, 7) is 0. The summed E-state index contributed by atoms with van der Waals surface area (Å²) in [7, 11) is -3.17. The molecule has 3 rings (SSSR count). The van der Waals surface area contributed by atoms with Crippen molar-refractivity contribution in [2.75, 3.05) is 7.11 Å². The summed E-state index contributed by atoms with van der Waals surface area (Å²) in [4.78, 5) is 11.7. The number of carbonyl (C=O) groups is 1. The van der Waals surface area contributed by atoms with Crippen LogP contribution in [0.5, 0.6) is 11.5 Å². The molecule has 1 heterocycles. The number of nitrogens with one attached hydrogen (secondary N) is 1. The molecule has 1 aliphatic heterocycles. The van der Waals surface area contributed by atoms with Gasteiger partial charge < -0.3 is 13.8 Å². The van der Waals surface area contributed by atoms with Crippen molar-refractivity contribution in [1.29, 1.82) is 0 Å². The maximum atomic E-state index is 13.2. The Bertz CT molecular complexity index is 921. The second kappa shape index (κ2) is 8.02. The Morgan fingerprint density at radius 3 is 1.89 bits per heavy atom. The second-order valence-electron chi connectivity index (χ2n) is 5.62. The summed E-state index contributed by atoms with van der Waals surface area (Å²) < 4.78 is 26.9. The van der Waals surface area contributed by atoms with E-state index in [0.717, 1.165) is 7.11 Å². The summed E-state index contributed by atoms with van der Waals surface area (Å²) in [5.74, 6) is -0.871. The normalized spacial score (nSPS) is 21.1. The van der Waals surface area contributed by atoms with Crippen LogP contribution in [0.1, 0.15) is 17.0 Å². The molecular formula is C16H11Cl5NO5P. The highest BCUT2D eigenvalue weighted by molar-refractivity contribution is 7.53. The first-order valence-electron chi connectivity index (χ1n) is 7.53. The fourth-order valence-electron chi connectivity index (χ4n) is 2.66. The topological polar surface area (TPSA) is 73.9 Å². The predicted octanol–water partition coefficient (Wildman–Crippen LogP) is 6.73. The van der Waals surface area contributed by atoms with Crippen molar-refractivity contribution in [3.8, 4) is 11.5 Å². The molecule has 0 aromatic heterocycles. The van der Waals surface area contributed by atoms with Gasteiger partial charge in [0.1, 0.15) is 11.5 Å². The number of carbonyl (C=O) groups excluding carboxylic acids is 1. The van der Waals surface area contributed by atoms with E-state index in [0.29, 0.717) is 21.2 Å². The van der Waals surface area contributed by atoms with Gasteiger partial charge in [-0.25, -0.2) is 14.4 Å². The van der Waals surface area contributed by atoms with E-state index < -0.39 is 23.6 Å². The molecular weight excluding hydrogens is 494 g/mol. The van der Waals surface area contributed by atoms with E-state index in [1.54, 1.807) is 0 Å². The third-order valence-electron chi connectivity index (χ3n) is 3.74. The largest absolute Gasteiger partial charge is 0.546 e. The number of fused-ring (bicyclic) bond motifs is 2. The van der Waals surface area contributed by atoms with Gasteiger partial charge in [-0.2, -0.15) is 0 Å². The zero-order valence-corrected chi connectivity index (χ0v) is 18.6. The van der Waals surface area contributed by atoms with Gasteiger partial charge in [0.15, 0.2) is 0 Å². The van der Waals surface area contributed by atoms with Gasteiger partial charge in [-0.3, -0.25) is 0 Å². The van der Waals surface area contributed by atoms with Crippen LogP contribution in [0.2, 0.25) is 10.0 Å². The van der Waals surface area contributed by atoms with Crippen LogP contribution in [0.15, 0.2) is 36.4 Å². The van der Waals surface area contributed by atoms with E-state index in [1.807, 2.05) is 0 Å². The minimum absolute atomic E-state index is 0.0334. The predicted molar refractivity (Wildman–Crippen MR) is 109 cm³/mol. The van der Waals surface area contributed by atoms with Gasteiger partial charge in [-0.15, -0.1) is 0 Å². The highest BCUT2D eigenvalue weighted by atomic mass is 35.6. The number of ether oxygens (including phenoxy) is 1. The van der Waals surface area contributed by atoms with Crippen molar-refractivity contribution in [3.05, 3.63) is 57.6 Å². The Kier molecular flexibility index (Phi) is 6.21. The van der Waals surface area contributed by atoms with Crippen LogP contribution in [-0.4, -0.2) is 17.0 Å². The Balaban J connectivity index is 2.29. The van der Waals surface area contributed by atoms with E-state index >= 15 is 0 Å². The molecule has 6 nitrogen and oxygen atoms in total. The zero-order chi connectivity index (χ0) is 20.7. The number of benzene rings is 2. The summed E-state index contributed by atoms with van der Waals surface area (Å²) in [5, 5.41) is 2.71. The number of rotatable bonds is 1. The molecule has 0 unspecified atom stereocenters. The van der Waals surface area contributed by atoms with E-state index in [-0.39, 0.29) is 11.5 Å². The zero-order valence-electron chi connectivity index (χ0n) is 13.9. The molecule has 0 bridgehead atoms. The highest BCUT2D eigenvalue weighted by Crippen LogP contribution is 2.57. The van der Waals surface area contributed by atoms with Gasteiger partial charge in [-0.05, 0) is 36.4 Å². The molecule has 1 amide bonds. The molecule has 2 aromatic rings. The molecule has 150 valence electrons. The molecule has 0 saturated heterocycles. The van der Waals surface area contributed by atoms with Gasteiger partial charge in [0.05, 0.1) is 13.0 Å². The monoisotopic (exact) mass is 503 g/mol. The number of amides is 1. The third kappa shape index (κ3) is 4.59. The van der Waals surface area contributed by atoms with Gasteiger partial charge in [0, 0.05) is 21.2 Å². The summed E-state index contributed by atoms with van der Waals surface area (Å²) in [5.41, 5.74) is 0.623. The Morgan fingerprint density at radius 2 is 1.50 bits per heavy atom. The molecule has 0 aliphatic carbocycles. The molecule has 0 radical (unpaired) electrons. The number of alkyl halides is 3. The lowest BCUT2D eigenvalue weighted by molar-refractivity contribution is 0.175. The summed E-state index contributed by atoms with van der Waals surface area (Å²) >= 11 is 31.0. The van der Waals surface area contributed by atoms with Crippen LogP contribution in [0, 0.1) is 0 Å². The minimum Gasteiger partial charge on any atom is -0.453 e. The summed E-state index contributed by atoms with van der Waals surface area (Å²) in [6.07, 6.45) is -1.02. The number of hydrogen-bond donors (Lipinski definition) is 1. The van der Waals surface area contributed by atoms with Crippen LogP contribution in [0.25, 0.3) is 0 Å². The van der Waals surface area contributed by atoms with Gasteiger partial charge in [-0.1, -0.05) is 58.0 Å². The van der Waals surface area contributed by atoms with Crippen LogP contribution >= 0.6 is 65.8 Å². The van der Waals surface area contributed by atoms with Crippen LogP contribution in [0.3, 0.4) is 0 Å². The lowest BCUT2D eigenvalue weighted by Gasteiger charge is -2.32. The maximum Gasteiger partial charge on any atom is 0.546 e. The van der Waals surface area contributed by atoms with Gasteiger partial charge >= 0.3 is 13.8 Å². The fraction of sp³-hybridized carbons (Fsp3) is 0.188. The first-order valence-corrected chi connectivity index (χ1v) is 11.0. The van der Waals surface area contributed by atoms with Gasteiger partial charge in [0.25, 0.3) is 0 Å². The van der Waals surface area contributed by atoms with Crippen molar-refractivity contribution in [2.45, 2.75) is 9.71 Å². The van der Waals surface area contributed by atoms with E-state index in [1.165, 1.54) is 36.4 Å². The SMILES string of the molecule is COC(=O)NP1(=O)Oc2ccc(Cl)cc2C(C(Cl)(Cl)Cl)c2cc(Cl)ccc2O1. The number of hydrogen-bond acceptors (Lipinski definition) is 5. The lowest BCUT2D eigenvalue weighted by atomic mass is 9.91. The number of methoxy groups -OCH3 is 1. The smallest absolute Gasteiger partial charge is 0.453 e. The Labute approximate surface area is 185 Å². The number of halogens is 5. The van der Waals surface area contributed by atoms with E-state index in [9.17, 15) is 9.36 Å². The quantitative estimate of drug-likeness (QED) is 0.344. The average Bonchev–Trinajstić information content (AvgIpc) is 2.57. The second-order valence-corrected chi connectivity index (χ2v) is 10.4. The molecule has 0 spiro atoms. The van der Waals surface area contributed by atoms with E-state index in [4.69, 9.17) is 67.1 Å². The van der Waals surface area contributed by atoms with Gasteiger partial charge in [0.2, 0.25) is 3.79 Å². The third-order valence-corrected chi connectivity index (χ3v) is 6.20. The average molecular weight is 506 g/mol. The van der Waals surface area contributed by atoms with Crippen LogP contribution in [-0.2, 0) is 9.30 Å². The van der Waals surface area contributed by atoms with E-state index in [2.05, 4.69) is 9.82 Å².